The van der Waals surface area contributed by atoms with Crippen LogP contribution >= 0.6 is 0 Å². The van der Waals surface area contributed by atoms with Gasteiger partial charge in [0.05, 0.1) is 6.04 Å². The average molecular weight is 314 g/mol. The van der Waals surface area contributed by atoms with Crippen LogP contribution in [0.3, 0.4) is 0 Å². The maximum Gasteiger partial charge on any atom is 0.410 e. The number of carbonyl (C=O) groups is 1. The summed E-state index contributed by atoms with van der Waals surface area (Å²) in [6.45, 7) is 12.2. The van der Waals surface area contributed by atoms with Crippen molar-refractivity contribution in [2.24, 2.45) is 10.9 Å². The second kappa shape index (κ2) is 8.22. The molecule has 0 spiro atoms. The van der Waals surface area contributed by atoms with Gasteiger partial charge in [0.25, 0.3) is 0 Å². The van der Waals surface area contributed by atoms with Crippen molar-refractivity contribution in [2.45, 2.75) is 46.3 Å². The van der Waals surface area contributed by atoms with Crippen LogP contribution in [0.1, 0.15) is 34.6 Å². The summed E-state index contributed by atoms with van der Waals surface area (Å²) in [7, 11) is 0. The number of ether oxygens (including phenoxy) is 1. The van der Waals surface area contributed by atoms with Crippen LogP contribution in [0.15, 0.2) is 4.99 Å². The number of nitrogens with one attached hydrogen (secondary N) is 2. The van der Waals surface area contributed by atoms with Crippen molar-refractivity contribution >= 4 is 12.1 Å². The Morgan fingerprint density at radius 1 is 1.45 bits per heavy atom. The average Bonchev–Trinajstić information content (AvgIpc) is 2.36. The standard InChI is InChI=1S/C15H30N4O3/c1-6-16-13(17-7-11(2)10-20)18-12-8-19(9-12)14(21)22-15(3,4)5/h11-12,20H,6-10H2,1-5H3,(H2,16,17,18). The fraction of sp³-hybridized carbons (Fsp3) is 0.867. The lowest BCUT2D eigenvalue weighted by Gasteiger charge is -2.40. The number of hydrogen-bond acceptors (Lipinski definition) is 4. The molecule has 3 N–H and O–H groups in total. The Morgan fingerprint density at radius 3 is 2.59 bits per heavy atom. The van der Waals surface area contributed by atoms with Gasteiger partial charge in [0.2, 0.25) is 0 Å². The van der Waals surface area contributed by atoms with Crippen LogP contribution in [-0.4, -0.2) is 66.5 Å². The number of amides is 1. The molecule has 0 aliphatic carbocycles. The molecule has 1 unspecified atom stereocenters. The molecule has 0 bridgehead atoms. The second-order valence-electron chi connectivity index (χ2n) is 6.73. The highest BCUT2D eigenvalue weighted by Crippen LogP contribution is 2.15. The van der Waals surface area contributed by atoms with Crippen molar-refractivity contribution in [3.05, 3.63) is 0 Å². The van der Waals surface area contributed by atoms with Crippen molar-refractivity contribution in [3.63, 3.8) is 0 Å². The van der Waals surface area contributed by atoms with E-state index in [9.17, 15) is 4.79 Å². The van der Waals surface area contributed by atoms with Crippen LogP contribution in [0.4, 0.5) is 4.79 Å². The summed E-state index contributed by atoms with van der Waals surface area (Å²) in [4.78, 5) is 18.0. The van der Waals surface area contributed by atoms with E-state index in [1.165, 1.54) is 0 Å². The zero-order valence-corrected chi connectivity index (χ0v) is 14.3. The van der Waals surface area contributed by atoms with E-state index in [0.29, 0.717) is 19.6 Å². The van der Waals surface area contributed by atoms with Gasteiger partial charge in [-0.25, -0.2) is 4.79 Å². The third kappa shape index (κ3) is 6.51. The lowest BCUT2D eigenvalue weighted by Crippen LogP contribution is -2.63. The predicted molar refractivity (Wildman–Crippen MR) is 87.0 cm³/mol. The van der Waals surface area contributed by atoms with Crippen molar-refractivity contribution < 1.29 is 14.6 Å². The number of guanidine groups is 1. The Balaban J connectivity index is 2.39. The number of aliphatic hydroxyl groups excluding tert-OH is 1. The van der Waals surface area contributed by atoms with Gasteiger partial charge in [-0.1, -0.05) is 6.92 Å². The molecule has 1 atom stereocenters. The number of aliphatic hydroxyl groups is 1. The van der Waals surface area contributed by atoms with Gasteiger partial charge < -0.3 is 25.4 Å². The van der Waals surface area contributed by atoms with E-state index in [1.54, 1.807) is 4.90 Å². The Morgan fingerprint density at radius 2 is 2.09 bits per heavy atom. The minimum atomic E-state index is -0.466. The molecule has 1 fully saturated rings. The minimum Gasteiger partial charge on any atom is -0.444 e. The van der Waals surface area contributed by atoms with Gasteiger partial charge in [-0.2, -0.15) is 0 Å². The molecule has 0 aromatic heterocycles. The van der Waals surface area contributed by atoms with Crippen molar-refractivity contribution in [1.29, 1.82) is 0 Å². The predicted octanol–water partition coefficient (Wildman–Crippen LogP) is 0.789. The fourth-order valence-electron chi connectivity index (χ4n) is 1.86. The summed E-state index contributed by atoms with van der Waals surface area (Å²) in [5.41, 5.74) is -0.466. The van der Waals surface area contributed by atoms with Gasteiger partial charge in [-0.05, 0) is 33.6 Å². The van der Waals surface area contributed by atoms with Gasteiger partial charge in [-0.15, -0.1) is 0 Å². The Labute approximate surface area is 133 Å². The van der Waals surface area contributed by atoms with Crippen LogP contribution in [0.25, 0.3) is 0 Å². The first-order chi connectivity index (χ1) is 10.2. The molecule has 1 rings (SSSR count). The van der Waals surface area contributed by atoms with Crippen LogP contribution in [-0.2, 0) is 4.74 Å². The van der Waals surface area contributed by atoms with E-state index < -0.39 is 5.60 Å². The SMILES string of the molecule is CCNC(=NCC(C)CO)NC1CN(C(=O)OC(C)(C)C)C1. The number of hydrogen-bond donors (Lipinski definition) is 3. The largest absolute Gasteiger partial charge is 0.444 e. The summed E-state index contributed by atoms with van der Waals surface area (Å²) >= 11 is 0. The molecule has 1 saturated heterocycles. The van der Waals surface area contributed by atoms with Gasteiger partial charge in [0.15, 0.2) is 5.96 Å². The number of nitrogens with zero attached hydrogens (tertiary/aromatic N) is 2. The van der Waals surface area contributed by atoms with Crippen LogP contribution < -0.4 is 10.6 Å². The molecule has 0 saturated carbocycles. The molecule has 1 heterocycles. The van der Waals surface area contributed by atoms with Crippen LogP contribution in [0.5, 0.6) is 0 Å². The molecule has 7 nitrogen and oxygen atoms in total. The normalized spacial score (nSPS) is 17.7. The first-order valence-corrected chi connectivity index (χ1v) is 7.88. The molecule has 1 aliphatic heterocycles. The molecule has 128 valence electrons. The molecule has 7 heteroatoms. The topological polar surface area (TPSA) is 86.2 Å². The van der Waals surface area contributed by atoms with E-state index in [-0.39, 0.29) is 24.7 Å². The van der Waals surface area contributed by atoms with E-state index in [2.05, 4.69) is 15.6 Å². The van der Waals surface area contributed by atoms with Crippen LogP contribution in [0.2, 0.25) is 0 Å². The molecule has 22 heavy (non-hydrogen) atoms. The lowest BCUT2D eigenvalue weighted by molar-refractivity contribution is 0.00700. The highest BCUT2D eigenvalue weighted by molar-refractivity contribution is 5.80. The molecule has 0 aromatic carbocycles. The first kappa shape index (κ1) is 18.5. The minimum absolute atomic E-state index is 0.124. The van der Waals surface area contributed by atoms with Gasteiger partial charge in [0.1, 0.15) is 5.60 Å². The highest BCUT2D eigenvalue weighted by Gasteiger charge is 2.34. The monoisotopic (exact) mass is 314 g/mol. The summed E-state index contributed by atoms with van der Waals surface area (Å²) in [6.07, 6.45) is -0.276. The number of carbonyl (C=O) groups excluding carboxylic acids is 1. The maximum atomic E-state index is 11.9. The first-order valence-electron chi connectivity index (χ1n) is 7.88. The number of likely N-dealkylation sites (tertiary alicyclic amines) is 1. The smallest absolute Gasteiger partial charge is 0.410 e. The summed E-state index contributed by atoms with van der Waals surface area (Å²) in [5, 5.41) is 15.5. The van der Waals surface area contributed by atoms with E-state index in [0.717, 1.165) is 12.5 Å². The maximum absolute atomic E-state index is 11.9. The number of aliphatic imine (C=N–C) groups is 1. The fourth-order valence-corrected chi connectivity index (χ4v) is 1.86. The van der Waals surface area contributed by atoms with E-state index >= 15 is 0 Å². The van der Waals surface area contributed by atoms with Gasteiger partial charge >= 0.3 is 6.09 Å². The third-order valence-electron chi connectivity index (χ3n) is 3.09. The van der Waals surface area contributed by atoms with E-state index in [1.807, 2.05) is 34.6 Å². The molecular weight excluding hydrogens is 284 g/mol. The van der Waals surface area contributed by atoms with Crippen molar-refractivity contribution in [2.75, 3.05) is 32.8 Å². The van der Waals surface area contributed by atoms with E-state index in [4.69, 9.17) is 9.84 Å². The zero-order valence-electron chi connectivity index (χ0n) is 14.3. The number of rotatable bonds is 5. The van der Waals surface area contributed by atoms with Gasteiger partial charge in [-0.3, -0.25) is 4.99 Å². The summed E-state index contributed by atoms with van der Waals surface area (Å²) in [6, 6.07) is 0.176. The lowest BCUT2D eigenvalue weighted by atomic mass is 10.1. The van der Waals surface area contributed by atoms with Crippen LogP contribution in [0, 0.1) is 5.92 Å². The molecule has 0 aromatic rings. The molecule has 1 amide bonds. The van der Waals surface area contributed by atoms with Crippen molar-refractivity contribution in [1.82, 2.24) is 15.5 Å². The Bertz CT molecular complexity index is 387. The quantitative estimate of drug-likeness (QED) is 0.516. The summed E-state index contributed by atoms with van der Waals surface area (Å²) in [5.74, 6) is 0.853. The zero-order chi connectivity index (χ0) is 16.8. The van der Waals surface area contributed by atoms with Crippen molar-refractivity contribution in [3.8, 4) is 0 Å². The molecule has 0 radical (unpaired) electrons. The highest BCUT2D eigenvalue weighted by atomic mass is 16.6. The summed E-state index contributed by atoms with van der Waals surface area (Å²) < 4.78 is 5.32. The van der Waals surface area contributed by atoms with Gasteiger partial charge in [0, 0.05) is 32.8 Å². The molecular formula is C15H30N4O3. The third-order valence-corrected chi connectivity index (χ3v) is 3.09. The Kier molecular flexibility index (Phi) is 6.93. The molecule has 1 aliphatic rings. The Hall–Kier alpha value is -1.50. The second-order valence-corrected chi connectivity index (χ2v) is 6.73.